The molecule has 0 fully saturated rings. The van der Waals surface area contributed by atoms with E-state index in [1.807, 2.05) is 13.8 Å². The Labute approximate surface area is 153 Å². The Bertz CT molecular complexity index is 1020. The summed E-state index contributed by atoms with van der Waals surface area (Å²) in [5.41, 5.74) is -4.78. The van der Waals surface area contributed by atoms with E-state index in [9.17, 15) is 31.5 Å². The predicted molar refractivity (Wildman–Crippen MR) is 89.8 cm³/mol. The van der Waals surface area contributed by atoms with Crippen molar-refractivity contribution < 1.29 is 35.8 Å². The summed E-state index contributed by atoms with van der Waals surface area (Å²) in [4.78, 5) is 12.6. The van der Waals surface area contributed by atoms with E-state index in [-0.39, 0.29) is 22.1 Å². The lowest BCUT2D eigenvalue weighted by Gasteiger charge is -2.32. The zero-order valence-electron chi connectivity index (χ0n) is 14.3. The summed E-state index contributed by atoms with van der Waals surface area (Å²) in [6, 6.07) is 7.79. The van der Waals surface area contributed by atoms with Gasteiger partial charge in [-0.15, -0.1) is 4.28 Å². The molecule has 0 aliphatic carbocycles. The summed E-state index contributed by atoms with van der Waals surface area (Å²) >= 11 is 0. The fourth-order valence-electron chi connectivity index (χ4n) is 3.08. The first kappa shape index (κ1) is 19.6. The zero-order valence-corrected chi connectivity index (χ0v) is 15.1. The number of halogens is 3. The van der Waals surface area contributed by atoms with Crippen molar-refractivity contribution in [1.29, 1.82) is 0 Å². The van der Waals surface area contributed by atoms with Crippen LogP contribution in [0.1, 0.15) is 53.9 Å². The molecule has 6 nitrogen and oxygen atoms in total. The molecule has 0 saturated carbocycles. The Balaban J connectivity index is 2.16. The molecule has 1 heterocycles. The first-order valence-electron chi connectivity index (χ1n) is 8.07. The summed E-state index contributed by atoms with van der Waals surface area (Å²) in [5.74, 6) is -1.03. The number of amides is 1. The van der Waals surface area contributed by atoms with Crippen LogP contribution in [0.25, 0.3) is 10.8 Å². The van der Waals surface area contributed by atoms with E-state index in [4.69, 9.17) is 0 Å². The van der Waals surface area contributed by atoms with Gasteiger partial charge in [0.15, 0.2) is 6.23 Å². The largest absolute Gasteiger partial charge is 0.525 e. The van der Waals surface area contributed by atoms with Gasteiger partial charge in [-0.25, -0.2) is 0 Å². The number of nitrogens with zero attached hydrogens (tertiary/aromatic N) is 1. The Morgan fingerprint density at radius 3 is 2.52 bits per heavy atom. The summed E-state index contributed by atoms with van der Waals surface area (Å²) < 4.78 is 64.4. The van der Waals surface area contributed by atoms with E-state index >= 15 is 0 Å². The van der Waals surface area contributed by atoms with Crippen LogP contribution in [0.5, 0.6) is 0 Å². The second-order valence-corrected chi connectivity index (χ2v) is 7.78. The van der Waals surface area contributed by atoms with Crippen molar-refractivity contribution in [1.82, 2.24) is 5.06 Å². The third-order valence-corrected chi connectivity index (χ3v) is 5.57. The molecule has 1 N–H and O–H groups in total. The highest BCUT2D eigenvalue weighted by Gasteiger charge is 2.51. The number of rotatable bonds is 4. The summed E-state index contributed by atoms with van der Waals surface area (Å²) in [5, 5.41) is 11.2. The minimum Gasteiger partial charge on any atom is -0.367 e. The maximum Gasteiger partial charge on any atom is 0.525 e. The van der Waals surface area contributed by atoms with Crippen LogP contribution >= 0.6 is 0 Å². The second-order valence-electron chi connectivity index (χ2n) is 6.26. The van der Waals surface area contributed by atoms with Crippen molar-refractivity contribution in [2.75, 3.05) is 0 Å². The molecular formula is C17H16F3NO5S. The van der Waals surface area contributed by atoms with Gasteiger partial charge in [0.2, 0.25) is 0 Å². The Kier molecular flexibility index (Phi) is 4.69. The van der Waals surface area contributed by atoms with Gasteiger partial charge in [0.1, 0.15) is 0 Å². The lowest BCUT2D eigenvalue weighted by Crippen LogP contribution is -2.42. The van der Waals surface area contributed by atoms with Crippen molar-refractivity contribution in [3.63, 3.8) is 0 Å². The summed E-state index contributed by atoms with van der Waals surface area (Å²) in [6.07, 6.45) is -1.19. The number of hydrogen-bond donors (Lipinski definition) is 1. The van der Waals surface area contributed by atoms with Gasteiger partial charge in [0.05, 0.1) is 5.56 Å². The highest BCUT2D eigenvalue weighted by molar-refractivity contribution is 7.87. The van der Waals surface area contributed by atoms with Gasteiger partial charge in [-0.3, -0.25) is 4.79 Å². The number of aliphatic hydroxyl groups excluding tert-OH is 1. The van der Waals surface area contributed by atoms with Crippen LogP contribution in [0.15, 0.2) is 30.3 Å². The topological polar surface area (TPSA) is 83.9 Å². The van der Waals surface area contributed by atoms with Gasteiger partial charge in [-0.2, -0.15) is 26.7 Å². The summed E-state index contributed by atoms with van der Waals surface area (Å²) in [6.45, 7) is 3.97. The Hall–Kier alpha value is -2.17. The van der Waals surface area contributed by atoms with Crippen LogP contribution in [-0.2, 0) is 14.4 Å². The predicted octanol–water partition coefficient (Wildman–Crippen LogP) is 3.58. The molecule has 1 amide bonds. The number of hydroxylamine groups is 2. The third kappa shape index (κ3) is 3.07. The van der Waals surface area contributed by atoms with Crippen LogP contribution in [0, 0.1) is 0 Å². The van der Waals surface area contributed by atoms with Gasteiger partial charge in [0, 0.05) is 10.9 Å². The molecule has 2 unspecified atom stereocenters. The molecule has 10 heteroatoms. The number of alkyl halides is 3. The minimum atomic E-state index is -6.12. The normalized spacial score (nSPS) is 18.8. The molecule has 0 spiro atoms. The Morgan fingerprint density at radius 2 is 1.93 bits per heavy atom. The van der Waals surface area contributed by atoms with E-state index in [1.165, 1.54) is 12.1 Å². The van der Waals surface area contributed by atoms with E-state index in [0.717, 1.165) is 12.0 Å². The molecule has 2 aromatic rings. The molecule has 146 valence electrons. The molecule has 0 radical (unpaired) electrons. The number of carbonyl (C=O) groups excluding carboxylic acids is 1. The van der Waals surface area contributed by atoms with Crippen LogP contribution in [0.4, 0.5) is 13.2 Å². The highest BCUT2D eigenvalue weighted by atomic mass is 32.2. The molecule has 1 aliphatic heterocycles. The number of aliphatic hydroxyl groups is 1. The average molecular weight is 403 g/mol. The quantitative estimate of drug-likeness (QED) is 0.789. The van der Waals surface area contributed by atoms with Gasteiger partial charge < -0.3 is 5.11 Å². The van der Waals surface area contributed by atoms with Gasteiger partial charge in [-0.05, 0) is 29.4 Å². The van der Waals surface area contributed by atoms with E-state index in [2.05, 4.69) is 4.28 Å². The van der Waals surface area contributed by atoms with Crippen LogP contribution < -0.4 is 0 Å². The Morgan fingerprint density at radius 1 is 1.26 bits per heavy atom. The standard InChI is InChI=1S/C17H16F3NO5S/c1-3-9(2)10-7-8-13-14-11(10)5-4-6-12(14)15(22)21(16(13)23)26-27(24,25)17(18,19)20/h4-9,16,23H,3H2,1-2H3. The van der Waals surface area contributed by atoms with Gasteiger partial charge in [-0.1, -0.05) is 38.1 Å². The smallest absolute Gasteiger partial charge is 0.367 e. The molecular weight excluding hydrogens is 387 g/mol. The van der Waals surface area contributed by atoms with Crippen LogP contribution in [0.3, 0.4) is 0 Å². The number of carbonyl (C=O) groups is 1. The van der Waals surface area contributed by atoms with Gasteiger partial charge in [0.25, 0.3) is 5.91 Å². The SMILES string of the molecule is CCC(C)c1ccc2c3c(cccc13)C(=O)N(OS(=O)(=O)C(F)(F)F)C2O. The molecule has 0 saturated heterocycles. The first-order valence-corrected chi connectivity index (χ1v) is 9.48. The average Bonchev–Trinajstić information content (AvgIpc) is 2.61. The number of benzene rings is 2. The molecule has 0 bridgehead atoms. The maximum absolute atomic E-state index is 12.6. The van der Waals surface area contributed by atoms with E-state index in [0.29, 0.717) is 10.8 Å². The zero-order chi connectivity index (χ0) is 20.1. The lowest BCUT2D eigenvalue weighted by atomic mass is 9.87. The van der Waals surface area contributed by atoms with E-state index < -0.39 is 27.8 Å². The molecule has 3 rings (SSSR count). The summed E-state index contributed by atoms with van der Waals surface area (Å²) in [7, 11) is -6.12. The third-order valence-electron chi connectivity index (χ3n) is 4.64. The first-order chi connectivity index (χ1) is 12.5. The monoisotopic (exact) mass is 403 g/mol. The van der Waals surface area contributed by atoms with Crippen molar-refractivity contribution in [3.8, 4) is 0 Å². The molecule has 27 heavy (non-hydrogen) atoms. The van der Waals surface area contributed by atoms with Crippen LogP contribution in [0.2, 0.25) is 0 Å². The van der Waals surface area contributed by atoms with E-state index in [1.54, 1.807) is 18.2 Å². The minimum absolute atomic E-state index is 0.0460. The fraction of sp³-hybridized carbons (Fsp3) is 0.353. The molecule has 2 aromatic carbocycles. The van der Waals surface area contributed by atoms with Crippen molar-refractivity contribution in [3.05, 3.63) is 47.0 Å². The molecule has 1 aliphatic rings. The maximum atomic E-state index is 12.6. The number of hydrogen-bond acceptors (Lipinski definition) is 5. The second kappa shape index (κ2) is 6.47. The van der Waals surface area contributed by atoms with Crippen LogP contribution in [-0.4, -0.2) is 30.0 Å². The molecule has 0 aromatic heterocycles. The fourth-order valence-corrected chi connectivity index (χ4v) is 3.52. The van der Waals surface area contributed by atoms with Crippen molar-refractivity contribution in [2.24, 2.45) is 0 Å². The highest BCUT2D eigenvalue weighted by Crippen LogP contribution is 2.40. The van der Waals surface area contributed by atoms with Gasteiger partial charge >= 0.3 is 15.6 Å². The van der Waals surface area contributed by atoms with Crippen molar-refractivity contribution in [2.45, 2.75) is 37.9 Å². The van der Waals surface area contributed by atoms with Crippen molar-refractivity contribution >= 4 is 26.8 Å². The lowest BCUT2D eigenvalue weighted by molar-refractivity contribution is -0.151. The molecule has 2 atom stereocenters.